The van der Waals surface area contributed by atoms with Crippen molar-refractivity contribution in [2.45, 2.75) is 26.2 Å². The van der Waals surface area contributed by atoms with Crippen molar-refractivity contribution in [3.8, 4) is 0 Å². The molecular formula is C14H18N2O2. The van der Waals surface area contributed by atoms with Gasteiger partial charge in [0.1, 0.15) is 0 Å². The molecule has 18 heavy (non-hydrogen) atoms. The molecule has 96 valence electrons. The number of fused-ring (bicyclic) bond motifs is 1. The second-order valence-corrected chi connectivity index (χ2v) is 4.62. The molecule has 2 amide bonds. The van der Waals surface area contributed by atoms with Crippen LogP contribution in [0.15, 0.2) is 18.2 Å². The average molecular weight is 246 g/mol. The van der Waals surface area contributed by atoms with Crippen molar-refractivity contribution >= 4 is 17.5 Å². The number of carbonyl (C=O) groups excluding carboxylic acids is 2. The fraction of sp³-hybridized carbons (Fsp3) is 0.429. The van der Waals surface area contributed by atoms with Gasteiger partial charge in [-0.15, -0.1) is 0 Å². The molecule has 0 unspecified atom stereocenters. The minimum absolute atomic E-state index is 0.0366. The Kier molecular flexibility index (Phi) is 3.65. The standard InChI is InChI=1S/C14H18N2O2/c1-3-6-15-13(17)8-10-4-5-12-11(7-10)9-14(18)16(12)2/h4-5,7H,3,6,8-9H2,1-2H3,(H,15,17). The topological polar surface area (TPSA) is 49.4 Å². The molecule has 1 aromatic rings. The van der Waals surface area contributed by atoms with Gasteiger partial charge in [0.2, 0.25) is 11.8 Å². The Labute approximate surface area is 107 Å². The molecule has 0 bridgehead atoms. The first-order valence-corrected chi connectivity index (χ1v) is 6.27. The van der Waals surface area contributed by atoms with Crippen LogP contribution in [0, 0.1) is 0 Å². The molecule has 0 saturated carbocycles. The molecule has 0 aliphatic carbocycles. The van der Waals surface area contributed by atoms with Crippen molar-refractivity contribution in [2.75, 3.05) is 18.5 Å². The van der Waals surface area contributed by atoms with Gasteiger partial charge in [0.15, 0.2) is 0 Å². The predicted octanol–water partition coefficient (Wildman–Crippen LogP) is 1.27. The van der Waals surface area contributed by atoms with Crippen LogP contribution in [0.5, 0.6) is 0 Å². The molecule has 1 aromatic carbocycles. The van der Waals surface area contributed by atoms with E-state index in [0.29, 0.717) is 19.4 Å². The highest BCUT2D eigenvalue weighted by Crippen LogP contribution is 2.28. The Bertz CT molecular complexity index is 483. The number of nitrogens with one attached hydrogen (secondary N) is 1. The third-order valence-corrected chi connectivity index (χ3v) is 3.16. The summed E-state index contributed by atoms with van der Waals surface area (Å²) in [5.74, 6) is 0.145. The number of carbonyl (C=O) groups is 2. The van der Waals surface area contributed by atoms with Gasteiger partial charge >= 0.3 is 0 Å². The Morgan fingerprint density at radius 2 is 2.22 bits per heavy atom. The number of amides is 2. The largest absolute Gasteiger partial charge is 0.356 e. The van der Waals surface area contributed by atoms with Gasteiger partial charge in [0.05, 0.1) is 12.8 Å². The highest BCUT2D eigenvalue weighted by Gasteiger charge is 2.23. The molecule has 0 spiro atoms. The molecule has 0 aromatic heterocycles. The number of likely N-dealkylation sites (N-methyl/N-ethyl adjacent to an activating group) is 1. The maximum Gasteiger partial charge on any atom is 0.231 e. The van der Waals surface area contributed by atoms with E-state index in [2.05, 4.69) is 5.32 Å². The maximum absolute atomic E-state index is 11.6. The molecule has 2 rings (SSSR count). The lowest BCUT2D eigenvalue weighted by molar-refractivity contribution is -0.120. The summed E-state index contributed by atoms with van der Waals surface area (Å²) < 4.78 is 0. The van der Waals surface area contributed by atoms with E-state index in [1.807, 2.05) is 25.1 Å². The van der Waals surface area contributed by atoms with Crippen molar-refractivity contribution in [3.63, 3.8) is 0 Å². The fourth-order valence-corrected chi connectivity index (χ4v) is 2.15. The lowest BCUT2D eigenvalue weighted by Crippen LogP contribution is -2.25. The number of nitrogens with zero attached hydrogens (tertiary/aromatic N) is 1. The Balaban J connectivity index is 2.07. The normalized spacial score (nSPS) is 13.7. The van der Waals surface area contributed by atoms with Crippen LogP contribution in [0.1, 0.15) is 24.5 Å². The number of anilines is 1. The second-order valence-electron chi connectivity index (χ2n) is 4.62. The van der Waals surface area contributed by atoms with E-state index < -0.39 is 0 Å². The van der Waals surface area contributed by atoms with Crippen LogP contribution in [0.3, 0.4) is 0 Å². The molecule has 1 aliphatic rings. The summed E-state index contributed by atoms with van der Waals surface area (Å²) in [6.07, 6.45) is 1.76. The minimum atomic E-state index is 0.0366. The van der Waals surface area contributed by atoms with E-state index >= 15 is 0 Å². The third-order valence-electron chi connectivity index (χ3n) is 3.16. The summed E-state index contributed by atoms with van der Waals surface area (Å²) in [6.45, 7) is 2.74. The first-order chi connectivity index (χ1) is 8.61. The van der Waals surface area contributed by atoms with Gasteiger partial charge in [-0.3, -0.25) is 9.59 Å². The summed E-state index contributed by atoms with van der Waals surface area (Å²) in [5, 5.41) is 2.85. The van der Waals surface area contributed by atoms with E-state index in [1.165, 1.54) is 0 Å². The van der Waals surface area contributed by atoms with Crippen LogP contribution in [0.4, 0.5) is 5.69 Å². The van der Waals surface area contributed by atoms with Crippen LogP contribution >= 0.6 is 0 Å². The van der Waals surface area contributed by atoms with Crippen molar-refractivity contribution in [3.05, 3.63) is 29.3 Å². The number of hydrogen-bond donors (Lipinski definition) is 1. The van der Waals surface area contributed by atoms with Crippen LogP contribution in [-0.4, -0.2) is 25.4 Å². The summed E-state index contributed by atoms with van der Waals surface area (Å²) in [4.78, 5) is 24.8. The van der Waals surface area contributed by atoms with Gasteiger partial charge in [-0.2, -0.15) is 0 Å². The van der Waals surface area contributed by atoms with Crippen LogP contribution in [0.2, 0.25) is 0 Å². The molecule has 4 nitrogen and oxygen atoms in total. The number of hydrogen-bond acceptors (Lipinski definition) is 2. The quantitative estimate of drug-likeness (QED) is 0.870. The molecule has 4 heteroatoms. The summed E-state index contributed by atoms with van der Waals surface area (Å²) >= 11 is 0. The number of benzene rings is 1. The molecule has 0 saturated heterocycles. The first kappa shape index (κ1) is 12.6. The number of rotatable bonds is 4. The maximum atomic E-state index is 11.6. The SMILES string of the molecule is CCCNC(=O)Cc1ccc2c(c1)CC(=O)N2C. The zero-order chi connectivity index (χ0) is 13.1. The summed E-state index contributed by atoms with van der Waals surface area (Å²) in [6, 6.07) is 5.80. The van der Waals surface area contributed by atoms with Crippen molar-refractivity contribution < 1.29 is 9.59 Å². The molecule has 1 N–H and O–H groups in total. The van der Waals surface area contributed by atoms with E-state index in [9.17, 15) is 9.59 Å². The molecule has 1 aliphatic heterocycles. The zero-order valence-electron chi connectivity index (χ0n) is 10.8. The van der Waals surface area contributed by atoms with Gasteiger partial charge in [0, 0.05) is 19.3 Å². The third kappa shape index (κ3) is 2.53. The van der Waals surface area contributed by atoms with E-state index in [4.69, 9.17) is 0 Å². The van der Waals surface area contributed by atoms with E-state index in [1.54, 1.807) is 11.9 Å². The summed E-state index contributed by atoms with van der Waals surface area (Å²) in [5.41, 5.74) is 2.94. The lowest BCUT2D eigenvalue weighted by Gasteiger charge is -2.10. The Morgan fingerprint density at radius 3 is 2.94 bits per heavy atom. The van der Waals surface area contributed by atoms with Crippen LogP contribution in [-0.2, 0) is 22.4 Å². The zero-order valence-corrected chi connectivity index (χ0v) is 10.8. The monoisotopic (exact) mass is 246 g/mol. The van der Waals surface area contributed by atoms with Gasteiger partial charge in [-0.25, -0.2) is 0 Å². The van der Waals surface area contributed by atoms with Gasteiger partial charge < -0.3 is 10.2 Å². The first-order valence-electron chi connectivity index (χ1n) is 6.27. The van der Waals surface area contributed by atoms with Gasteiger partial charge in [-0.1, -0.05) is 19.1 Å². The smallest absolute Gasteiger partial charge is 0.231 e. The molecular weight excluding hydrogens is 228 g/mol. The highest BCUT2D eigenvalue weighted by molar-refractivity contribution is 6.01. The predicted molar refractivity (Wildman–Crippen MR) is 70.6 cm³/mol. The molecule has 0 atom stereocenters. The van der Waals surface area contributed by atoms with Crippen molar-refractivity contribution in [2.24, 2.45) is 0 Å². The highest BCUT2D eigenvalue weighted by atomic mass is 16.2. The molecule has 1 heterocycles. The minimum Gasteiger partial charge on any atom is -0.356 e. The fourth-order valence-electron chi connectivity index (χ4n) is 2.15. The van der Waals surface area contributed by atoms with Crippen LogP contribution < -0.4 is 10.2 Å². The van der Waals surface area contributed by atoms with Crippen molar-refractivity contribution in [1.29, 1.82) is 0 Å². The Hall–Kier alpha value is -1.84. The van der Waals surface area contributed by atoms with Gasteiger partial charge in [-0.05, 0) is 23.6 Å². The lowest BCUT2D eigenvalue weighted by atomic mass is 10.1. The molecule has 0 radical (unpaired) electrons. The second kappa shape index (κ2) is 5.21. The van der Waals surface area contributed by atoms with Crippen LogP contribution in [0.25, 0.3) is 0 Å². The molecule has 0 fully saturated rings. The van der Waals surface area contributed by atoms with E-state index in [0.717, 1.165) is 23.2 Å². The van der Waals surface area contributed by atoms with Gasteiger partial charge in [0.25, 0.3) is 0 Å². The Morgan fingerprint density at radius 1 is 1.44 bits per heavy atom. The average Bonchev–Trinajstić information content (AvgIpc) is 2.62. The summed E-state index contributed by atoms with van der Waals surface area (Å²) in [7, 11) is 1.78. The van der Waals surface area contributed by atoms with E-state index in [-0.39, 0.29) is 11.8 Å². The van der Waals surface area contributed by atoms with Crippen molar-refractivity contribution in [1.82, 2.24) is 5.32 Å².